The van der Waals surface area contributed by atoms with Crippen LogP contribution in [-0.2, 0) is 9.53 Å². The van der Waals surface area contributed by atoms with Gasteiger partial charge in [-0.2, -0.15) is 0 Å². The molecule has 0 atom stereocenters. The lowest BCUT2D eigenvalue weighted by Gasteiger charge is -2.13. The van der Waals surface area contributed by atoms with E-state index in [0.717, 1.165) is 31.4 Å². The van der Waals surface area contributed by atoms with Gasteiger partial charge in [-0.05, 0) is 56.9 Å². The fraction of sp³-hybridized carbons (Fsp3) is 0.529. The first-order valence-electron chi connectivity index (χ1n) is 7.60. The van der Waals surface area contributed by atoms with E-state index >= 15 is 0 Å². The molecule has 0 bridgehead atoms. The van der Waals surface area contributed by atoms with E-state index in [9.17, 15) is 9.59 Å². The molecule has 112 valence electrons. The lowest BCUT2D eigenvalue weighted by Crippen LogP contribution is -2.22. The minimum Gasteiger partial charge on any atom is -0.490 e. The molecule has 0 amide bonds. The van der Waals surface area contributed by atoms with Crippen LogP contribution in [0.5, 0.6) is 5.75 Å². The van der Waals surface area contributed by atoms with Gasteiger partial charge in [-0.1, -0.05) is 0 Å². The van der Waals surface area contributed by atoms with Crippen molar-refractivity contribution in [3.63, 3.8) is 0 Å². The number of Topliss-reactive ketones (excluding diaryl/α,β-unsaturated/α-hetero) is 1. The summed E-state index contributed by atoms with van der Waals surface area (Å²) in [5.41, 5.74) is 0.0738. The molecule has 2 fully saturated rings. The quantitative estimate of drug-likeness (QED) is 0.571. The highest BCUT2D eigenvalue weighted by molar-refractivity contribution is 5.99. The van der Waals surface area contributed by atoms with Crippen LogP contribution in [0.3, 0.4) is 0 Å². The molecule has 3 rings (SSSR count). The maximum Gasteiger partial charge on any atom is 0.312 e. The van der Waals surface area contributed by atoms with Gasteiger partial charge < -0.3 is 9.47 Å². The normalized spacial score (nSPS) is 18.9. The van der Waals surface area contributed by atoms with Crippen LogP contribution in [0.1, 0.15) is 49.4 Å². The molecule has 1 aromatic carbocycles. The van der Waals surface area contributed by atoms with E-state index < -0.39 is 5.41 Å². The Labute approximate surface area is 124 Å². The molecule has 1 aromatic rings. The van der Waals surface area contributed by atoms with Crippen LogP contribution in [0, 0.1) is 5.41 Å². The highest BCUT2D eigenvalue weighted by Gasteiger charge is 2.52. The molecule has 0 heterocycles. The second-order valence-corrected chi connectivity index (χ2v) is 5.94. The van der Waals surface area contributed by atoms with Crippen LogP contribution >= 0.6 is 0 Å². The van der Waals surface area contributed by atoms with Gasteiger partial charge in [0.25, 0.3) is 0 Å². The Bertz CT molecular complexity index is 538. The summed E-state index contributed by atoms with van der Waals surface area (Å²) in [5, 5.41) is 0. The summed E-state index contributed by atoms with van der Waals surface area (Å²) in [7, 11) is 0. The molecule has 2 aliphatic rings. The summed E-state index contributed by atoms with van der Waals surface area (Å²) in [6.45, 7) is 2.15. The maximum atomic E-state index is 12.3. The Balaban J connectivity index is 1.61. The number of ketones is 1. The highest BCUT2D eigenvalue weighted by atomic mass is 16.5. The Morgan fingerprint density at radius 1 is 1.19 bits per heavy atom. The third-order valence-electron chi connectivity index (χ3n) is 4.06. The molecule has 0 radical (unpaired) electrons. The number of hydrogen-bond donors (Lipinski definition) is 0. The zero-order valence-corrected chi connectivity index (χ0v) is 12.3. The summed E-state index contributed by atoms with van der Waals surface area (Å²) >= 11 is 0. The summed E-state index contributed by atoms with van der Waals surface area (Å²) < 4.78 is 10.7. The Hall–Kier alpha value is -1.84. The van der Waals surface area contributed by atoms with Crippen molar-refractivity contribution in [1.29, 1.82) is 0 Å². The molecule has 0 N–H and O–H groups in total. The largest absolute Gasteiger partial charge is 0.490 e. The van der Waals surface area contributed by atoms with Gasteiger partial charge in [0.05, 0.1) is 18.1 Å². The van der Waals surface area contributed by atoms with E-state index in [0.29, 0.717) is 18.3 Å². The summed E-state index contributed by atoms with van der Waals surface area (Å²) in [6, 6.07) is 7.22. The molecule has 4 heteroatoms. The van der Waals surface area contributed by atoms with Crippen LogP contribution in [0.4, 0.5) is 0 Å². The van der Waals surface area contributed by atoms with Gasteiger partial charge in [0, 0.05) is 12.0 Å². The predicted octanol–water partition coefficient (Wildman–Crippen LogP) is 3.14. The van der Waals surface area contributed by atoms with Crippen LogP contribution in [0.2, 0.25) is 0 Å². The van der Waals surface area contributed by atoms with Crippen molar-refractivity contribution >= 4 is 11.8 Å². The molecule has 21 heavy (non-hydrogen) atoms. The average Bonchev–Trinajstić information content (AvgIpc) is 3.37. The fourth-order valence-corrected chi connectivity index (χ4v) is 2.40. The standard InChI is InChI=1S/C17H20O4/c1-2-20-16(19)17(9-10-17)11-15(18)12-3-5-13(6-4-12)21-14-7-8-14/h3-6,14H,2,7-11H2,1H3. The molecule has 2 saturated carbocycles. The van der Waals surface area contributed by atoms with E-state index in [4.69, 9.17) is 9.47 Å². The number of benzene rings is 1. The molecular weight excluding hydrogens is 268 g/mol. The highest BCUT2D eigenvalue weighted by Crippen LogP contribution is 2.50. The molecule has 0 saturated heterocycles. The third-order valence-corrected chi connectivity index (χ3v) is 4.06. The second kappa shape index (κ2) is 5.51. The molecular formula is C17H20O4. The number of hydrogen-bond acceptors (Lipinski definition) is 4. The molecule has 2 aliphatic carbocycles. The van der Waals surface area contributed by atoms with E-state index in [1.807, 2.05) is 12.1 Å². The number of esters is 1. The van der Waals surface area contributed by atoms with Gasteiger partial charge >= 0.3 is 5.97 Å². The number of ether oxygens (including phenoxy) is 2. The van der Waals surface area contributed by atoms with Crippen LogP contribution < -0.4 is 4.74 Å². The van der Waals surface area contributed by atoms with E-state index in [1.54, 1.807) is 19.1 Å². The second-order valence-electron chi connectivity index (χ2n) is 5.94. The first-order chi connectivity index (χ1) is 10.1. The Morgan fingerprint density at radius 3 is 2.38 bits per heavy atom. The van der Waals surface area contributed by atoms with Gasteiger partial charge in [-0.15, -0.1) is 0 Å². The van der Waals surface area contributed by atoms with Gasteiger partial charge in [-0.3, -0.25) is 9.59 Å². The summed E-state index contributed by atoms with van der Waals surface area (Å²) in [5.74, 6) is 0.575. The van der Waals surface area contributed by atoms with Crippen molar-refractivity contribution in [3.8, 4) is 5.75 Å². The SMILES string of the molecule is CCOC(=O)C1(CC(=O)c2ccc(OC3CC3)cc2)CC1. The molecule has 0 spiro atoms. The number of carbonyl (C=O) groups is 2. The van der Waals surface area contributed by atoms with Crippen molar-refractivity contribution in [2.45, 2.75) is 45.1 Å². The van der Waals surface area contributed by atoms with Crippen molar-refractivity contribution in [2.75, 3.05) is 6.61 Å². The van der Waals surface area contributed by atoms with Crippen LogP contribution in [0.15, 0.2) is 24.3 Å². The summed E-state index contributed by atoms with van der Waals surface area (Å²) in [6.07, 6.45) is 4.33. The minimum absolute atomic E-state index is 0.00137. The molecule has 4 nitrogen and oxygen atoms in total. The first-order valence-corrected chi connectivity index (χ1v) is 7.60. The first kappa shape index (κ1) is 14.1. The Kier molecular flexibility index (Phi) is 3.70. The lowest BCUT2D eigenvalue weighted by molar-refractivity contribution is -0.149. The monoisotopic (exact) mass is 288 g/mol. The molecule has 0 unspecified atom stereocenters. The minimum atomic E-state index is -0.559. The zero-order chi connectivity index (χ0) is 14.9. The Morgan fingerprint density at radius 2 is 1.86 bits per heavy atom. The lowest BCUT2D eigenvalue weighted by atomic mass is 9.95. The average molecular weight is 288 g/mol. The topological polar surface area (TPSA) is 52.6 Å². The van der Waals surface area contributed by atoms with Crippen molar-refractivity contribution in [3.05, 3.63) is 29.8 Å². The molecule has 0 aromatic heterocycles. The smallest absolute Gasteiger partial charge is 0.312 e. The van der Waals surface area contributed by atoms with E-state index in [1.165, 1.54) is 0 Å². The van der Waals surface area contributed by atoms with Gasteiger partial charge in [0.2, 0.25) is 0 Å². The van der Waals surface area contributed by atoms with Crippen LogP contribution in [-0.4, -0.2) is 24.5 Å². The number of rotatable bonds is 7. The molecule has 0 aliphatic heterocycles. The van der Waals surface area contributed by atoms with Crippen molar-refractivity contribution < 1.29 is 19.1 Å². The number of carbonyl (C=O) groups excluding carboxylic acids is 2. The predicted molar refractivity (Wildman–Crippen MR) is 77.3 cm³/mol. The van der Waals surface area contributed by atoms with Crippen molar-refractivity contribution in [1.82, 2.24) is 0 Å². The van der Waals surface area contributed by atoms with Gasteiger partial charge in [-0.25, -0.2) is 0 Å². The third kappa shape index (κ3) is 3.26. The maximum absolute atomic E-state index is 12.3. The van der Waals surface area contributed by atoms with Gasteiger partial charge in [0.1, 0.15) is 5.75 Å². The van der Waals surface area contributed by atoms with Crippen LogP contribution in [0.25, 0.3) is 0 Å². The van der Waals surface area contributed by atoms with E-state index in [2.05, 4.69) is 0 Å². The van der Waals surface area contributed by atoms with Crippen molar-refractivity contribution in [2.24, 2.45) is 5.41 Å². The summed E-state index contributed by atoms with van der Waals surface area (Å²) in [4.78, 5) is 24.2. The van der Waals surface area contributed by atoms with E-state index in [-0.39, 0.29) is 18.2 Å². The van der Waals surface area contributed by atoms with Gasteiger partial charge in [0.15, 0.2) is 5.78 Å². The fourth-order valence-electron chi connectivity index (χ4n) is 2.40. The zero-order valence-electron chi connectivity index (χ0n) is 12.3.